The fourth-order valence-corrected chi connectivity index (χ4v) is 2.32. The Balaban J connectivity index is 1.93. The summed E-state index contributed by atoms with van der Waals surface area (Å²) in [6.45, 7) is 4.86. The van der Waals surface area contributed by atoms with Gasteiger partial charge in [-0.2, -0.15) is 0 Å². The molecule has 1 saturated heterocycles. The number of carbonyl (C=O) groups excluding carboxylic acids is 1. The molecule has 0 aromatic carbocycles. The number of nitrogens with zero attached hydrogens (tertiary/aromatic N) is 3. The number of rotatable bonds is 6. The highest BCUT2D eigenvalue weighted by Crippen LogP contribution is 2.22. The molecule has 0 bridgehead atoms. The molecule has 0 spiro atoms. The van der Waals surface area contributed by atoms with Gasteiger partial charge in [-0.1, -0.05) is 12.7 Å². The molecule has 2 rings (SSSR count). The number of carboxylic acids is 1. The molecule has 2 heterocycles. The second-order valence-corrected chi connectivity index (χ2v) is 4.82. The first-order valence-corrected chi connectivity index (χ1v) is 6.95. The Bertz CT molecular complexity index is 546. The van der Waals surface area contributed by atoms with Gasteiger partial charge in [0.15, 0.2) is 5.69 Å². The summed E-state index contributed by atoms with van der Waals surface area (Å²) < 4.78 is 4.85. The molecule has 1 aliphatic rings. The van der Waals surface area contributed by atoms with Crippen LogP contribution in [0.4, 0.5) is 10.6 Å². The normalized spacial score (nSPS) is 17.1. The second-order valence-electron chi connectivity index (χ2n) is 4.82. The average molecular weight is 306 g/mol. The number of carboxylic acid groups (broad SMARTS) is 1. The number of nitrogens with one attached hydrogen (secondary N) is 1. The van der Waals surface area contributed by atoms with Crippen LogP contribution < -0.4 is 10.2 Å². The summed E-state index contributed by atoms with van der Waals surface area (Å²) in [6.07, 6.45) is 5.57. The van der Waals surface area contributed by atoms with Crippen LogP contribution in [0.5, 0.6) is 0 Å². The van der Waals surface area contributed by atoms with E-state index in [0.29, 0.717) is 12.4 Å². The van der Waals surface area contributed by atoms with Gasteiger partial charge in [-0.15, -0.1) is 0 Å². The van der Waals surface area contributed by atoms with Crippen LogP contribution in [0, 0.1) is 0 Å². The zero-order valence-electron chi connectivity index (χ0n) is 12.1. The number of anilines is 1. The van der Waals surface area contributed by atoms with E-state index in [0.717, 1.165) is 19.4 Å². The highest BCUT2D eigenvalue weighted by Gasteiger charge is 2.26. The molecule has 8 nitrogen and oxygen atoms in total. The largest absolute Gasteiger partial charge is 0.476 e. The van der Waals surface area contributed by atoms with E-state index in [-0.39, 0.29) is 18.3 Å². The minimum absolute atomic E-state index is 0.0845. The summed E-state index contributed by atoms with van der Waals surface area (Å²) in [5.74, 6) is -0.502. The third-order valence-electron chi connectivity index (χ3n) is 3.34. The molecule has 1 atom stereocenters. The molecule has 1 fully saturated rings. The Morgan fingerprint density at radius 2 is 2.32 bits per heavy atom. The van der Waals surface area contributed by atoms with Crippen LogP contribution in [0.15, 0.2) is 25.0 Å². The van der Waals surface area contributed by atoms with Gasteiger partial charge in [-0.25, -0.2) is 19.6 Å². The summed E-state index contributed by atoms with van der Waals surface area (Å²) in [7, 11) is 0. The van der Waals surface area contributed by atoms with E-state index >= 15 is 0 Å². The van der Waals surface area contributed by atoms with Crippen molar-refractivity contribution in [2.75, 3.05) is 24.6 Å². The first kappa shape index (κ1) is 15.7. The lowest BCUT2D eigenvalue weighted by Gasteiger charge is -2.25. The quantitative estimate of drug-likeness (QED) is 0.757. The highest BCUT2D eigenvalue weighted by molar-refractivity contribution is 5.84. The third-order valence-corrected chi connectivity index (χ3v) is 3.34. The molecule has 1 aliphatic heterocycles. The number of ether oxygens (including phenoxy) is 1. The van der Waals surface area contributed by atoms with Crippen molar-refractivity contribution in [3.63, 3.8) is 0 Å². The fourth-order valence-electron chi connectivity index (χ4n) is 2.32. The van der Waals surface area contributed by atoms with Crippen LogP contribution in [-0.4, -0.2) is 52.9 Å². The Morgan fingerprint density at radius 3 is 2.95 bits per heavy atom. The fraction of sp³-hybridized carbons (Fsp3) is 0.429. The molecule has 1 aromatic rings. The number of hydrogen-bond acceptors (Lipinski definition) is 6. The summed E-state index contributed by atoms with van der Waals surface area (Å²) in [5, 5.41) is 11.5. The molecule has 0 saturated carbocycles. The predicted octanol–water partition coefficient (Wildman–Crippen LogP) is 1.06. The molecular weight excluding hydrogens is 288 g/mol. The van der Waals surface area contributed by atoms with Crippen molar-refractivity contribution in [1.29, 1.82) is 0 Å². The Kier molecular flexibility index (Phi) is 5.29. The first-order chi connectivity index (χ1) is 10.6. The van der Waals surface area contributed by atoms with Gasteiger partial charge < -0.3 is 20.1 Å². The van der Waals surface area contributed by atoms with E-state index in [1.165, 1.54) is 18.5 Å². The van der Waals surface area contributed by atoms with Crippen molar-refractivity contribution in [3.05, 3.63) is 30.7 Å². The molecule has 2 N–H and O–H groups in total. The zero-order valence-corrected chi connectivity index (χ0v) is 12.1. The van der Waals surface area contributed by atoms with Gasteiger partial charge in [0.05, 0.1) is 12.4 Å². The lowest BCUT2D eigenvalue weighted by molar-refractivity contribution is 0.0690. The van der Waals surface area contributed by atoms with Crippen LogP contribution in [0.1, 0.15) is 23.3 Å². The second kappa shape index (κ2) is 7.39. The maximum absolute atomic E-state index is 11.4. The van der Waals surface area contributed by atoms with E-state index in [1.807, 2.05) is 4.90 Å². The zero-order chi connectivity index (χ0) is 15.9. The minimum atomic E-state index is -1.11. The van der Waals surface area contributed by atoms with Crippen LogP contribution >= 0.6 is 0 Å². The van der Waals surface area contributed by atoms with E-state index in [9.17, 15) is 9.59 Å². The van der Waals surface area contributed by atoms with Crippen molar-refractivity contribution in [2.24, 2.45) is 0 Å². The van der Waals surface area contributed by atoms with Crippen LogP contribution in [-0.2, 0) is 4.74 Å². The van der Waals surface area contributed by atoms with Crippen molar-refractivity contribution >= 4 is 17.9 Å². The summed E-state index contributed by atoms with van der Waals surface area (Å²) >= 11 is 0. The molecule has 1 aromatic heterocycles. The lowest BCUT2D eigenvalue weighted by atomic mass is 10.2. The predicted molar refractivity (Wildman–Crippen MR) is 78.9 cm³/mol. The van der Waals surface area contributed by atoms with E-state index in [4.69, 9.17) is 9.84 Å². The standard InChI is InChI=1S/C14H18N4O4/c1-2-6-22-14(21)17-7-10-4-3-5-18(10)12-9-15-11(8-16-12)13(19)20/h2,8-10H,1,3-7H2,(H,17,21)(H,19,20). The van der Waals surface area contributed by atoms with Crippen LogP contribution in [0.2, 0.25) is 0 Å². The monoisotopic (exact) mass is 306 g/mol. The van der Waals surface area contributed by atoms with E-state index in [1.54, 1.807) is 0 Å². The number of amides is 1. The first-order valence-electron chi connectivity index (χ1n) is 6.95. The Morgan fingerprint density at radius 1 is 1.50 bits per heavy atom. The van der Waals surface area contributed by atoms with Gasteiger partial charge in [0.2, 0.25) is 0 Å². The smallest absolute Gasteiger partial charge is 0.407 e. The Labute approximate surface area is 127 Å². The van der Waals surface area contributed by atoms with Crippen molar-refractivity contribution in [2.45, 2.75) is 18.9 Å². The summed E-state index contributed by atoms with van der Waals surface area (Å²) in [4.78, 5) is 32.2. The van der Waals surface area contributed by atoms with Gasteiger partial charge in [0, 0.05) is 19.1 Å². The van der Waals surface area contributed by atoms with Gasteiger partial charge in [0.1, 0.15) is 12.4 Å². The van der Waals surface area contributed by atoms with Crippen molar-refractivity contribution in [3.8, 4) is 0 Å². The molecule has 118 valence electrons. The number of carbonyl (C=O) groups is 2. The SMILES string of the molecule is C=CCOC(=O)NCC1CCCN1c1cnc(C(=O)O)cn1. The average Bonchev–Trinajstić information content (AvgIpc) is 2.99. The molecular formula is C14H18N4O4. The number of aromatic nitrogens is 2. The van der Waals surface area contributed by atoms with Crippen LogP contribution in [0.25, 0.3) is 0 Å². The summed E-state index contributed by atoms with van der Waals surface area (Å²) in [5.41, 5.74) is -0.0920. The van der Waals surface area contributed by atoms with Gasteiger partial charge in [-0.05, 0) is 12.8 Å². The molecule has 8 heteroatoms. The number of hydrogen-bond donors (Lipinski definition) is 2. The molecule has 1 unspecified atom stereocenters. The number of aromatic carboxylic acids is 1. The highest BCUT2D eigenvalue weighted by atomic mass is 16.5. The maximum Gasteiger partial charge on any atom is 0.407 e. The van der Waals surface area contributed by atoms with Crippen molar-refractivity contribution < 1.29 is 19.4 Å². The van der Waals surface area contributed by atoms with Gasteiger partial charge >= 0.3 is 12.1 Å². The van der Waals surface area contributed by atoms with E-state index in [2.05, 4.69) is 21.9 Å². The topological polar surface area (TPSA) is 105 Å². The van der Waals surface area contributed by atoms with E-state index < -0.39 is 12.1 Å². The molecule has 22 heavy (non-hydrogen) atoms. The lowest BCUT2D eigenvalue weighted by Crippen LogP contribution is -2.40. The molecule has 0 aliphatic carbocycles. The minimum Gasteiger partial charge on any atom is -0.476 e. The third kappa shape index (κ3) is 3.94. The van der Waals surface area contributed by atoms with Gasteiger partial charge in [-0.3, -0.25) is 0 Å². The van der Waals surface area contributed by atoms with Gasteiger partial charge in [0.25, 0.3) is 0 Å². The molecule has 1 amide bonds. The van der Waals surface area contributed by atoms with Crippen molar-refractivity contribution in [1.82, 2.24) is 15.3 Å². The number of alkyl carbamates (subject to hydrolysis) is 1. The summed E-state index contributed by atoms with van der Waals surface area (Å²) in [6, 6.07) is 0.0845. The molecule has 0 radical (unpaired) electrons. The van der Waals surface area contributed by atoms with Crippen LogP contribution in [0.3, 0.4) is 0 Å². The maximum atomic E-state index is 11.4. The Hall–Kier alpha value is -2.64.